The van der Waals surface area contributed by atoms with Crippen molar-refractivity contribution in [3.63, 3.8) is 0 Å². The Labute approximate surface area is 149 Å². The van der Waals surface area contributed by atoms with Gasteiger partial charge in [-0.25, -0.2) is 0 Å². The number of hydrazine groups is 1. The maximum atomic E-state index is 12.0. The summed E-state index contributed by atoms with van der Waals surface area (Å²) in [5, 5.41) is 2.75. The summed E-state index contributed by atoms with van der Waals surface area (Å²) in [6, 6.07) is 6.51. The monoisotopic (exact) mass is 347 g/mol. The molecule has 0 unspecified atom stereocenters. The molecule has 0 saturated carbocycles. The Bertz CT molecular complexity index is 568. The standard InChI is InChI=1S/C19H29N3O3/c1-4-5-6-7-8-9-17(23)21-22-19(25)15-10-12-16(13-11-15)20-18(24)14(2)3/h10-14H,4-9H2,1-3H3,(H,20,24)(H,21,23)(H,22,25). The Hall–Kier alpha value is -2.37. The normalized spacial score (nSPS) is 10.4. The van der Waals surface area contributed by atoms with Crippen LogP contribution in [0.25, 0.3) is 0 Å². The maximum Gasteiger partial charge on any atom is 0.269 e. The molecule has 3 amide bonds. The highest BCUT2D eigenvalue weighted by Crippen LogP contribution is 2.11. The number of rotatable bonds is 9. The van der Waals surface area contributed by atoms with Gasteiger partial charge in [-0.2, -0.15) is 0 Å². The highest BCUT2D eigenvalue weighted by atomic mass is 16.2. The Morgan fingerprint density at radius 3 is 2.16 bits per heavy atom. The lowest BCUT2D eigenvalue weighted by Gasteiger charge is -2.09. The van der Waals surface area contributed by atoms with Crippen molar-refractivity contribution in [2.45, 2.75) is 59.3 Å². The van der Waals surface area contributed by atoms with Gasteiger partial charge in [0.2, 0.25) is 11.8 Å². The molecular formula is C19H29N3O3. The molecule has 6 nitrogen and oxygen atoms in total. The molecule has 0 aromatic heterocycles. The third-order valence-electron chi connectivity index (χ3n) is 3.76. The zero-order chi connectivity index (χ0) is 18.7. The predicted octanol–water partition coefficient (Wildman–Crippen LogP) is 3.40. The van der Waals surface area contributed by atoms with Gasteiger partial charge in [-0.05, 0) is 30.7 Å². The molecule has 0 aliphatic rings. The minimum Gasteiger partial charge on any atom is -0.326 e. The average Bonchev–Trinajstić information content (AvgIpc) is 2.60. The summed E-state index contributed by atoms with van der Waals surface area (Å²) in [6.07, 6.45) is 5.75. The van der Waals surface area contributed by atoms with E-state index in [-0.39, 0.29) is 23.6 Å². The minimum atomic E-state index is -0.388. The quantitative estimate of drug-likeness (QED) is 0.472. The molecule has 0 heterocycles. The molecule has 0 atom stereocenters. The molecule has 0 spiro atoms. The number of carbonyl (C=O) groups is 3. The highest BCUT2D eigenvalue weighted by molar-refractivity contribution is 5.96. The van der Waals surface area contributed by atoms with Crippen molar-refractivity contribution in [2.75, 3.05) is 5.32 Å². The van der Waals surface area contributed by atoms with Crippen LogP contribution in [0.5, 0.6) is 0 Å². The molecule has 0 aliphatic carbocycles. The first kappa shape index (κ1) is 20.7. The van der Waals surface area contributed by atoms with Crippen LogP contribution in [0.2, 0.25) is 0 Å². The first-order valence-electron chi connectivity index (χ1n) is 8.94. The van der Waals surface area contributed by atoms with Gasteiger partial charge in [0.25, 0.3) is 5.91 Å². The summed E-state index contributed by atoms with van der Waals surface area (Å²) in [5.74, 6) is -0.768. The topological polar surface area (TPSA) is 87.3 Å². The summed E-state index contributed by atoms with van der Waals surface area (Å²) in [5.41, 5.74) is 5.87. The van der Waals surface area contributed by atoms with E-state index in [1.54, 1.807) is 24.3 Å². The molecule has 0 aliphatic heterocycles. The van der Waals surface area contributed by atoms with Crippen LogP contribution in [0.15, 0.2) is 24.3 Å². The van der Waals surface area contributed by atoms with E-state index in [0.717, 1.165) is 19.3 Å². The van der Waals surface area contributed by atoms with Gasteiger partial charge < -0.3 is 5.32 Å². The molecule has 0 saturated heterocycles. The summed E-state index contributed by atoms with van der Waals surface area (Å²) in [6.45, 7) is 5.76. The van der Waals surface area contributed by atoms with E-state index >= 15 is 0 Å². The van der Waals surface area contributed by atoms with Gasteiger partial charge >= 0.3 is 0 Å². The average molecular weight is 347 g/mol. The van der Waals surface area contributed by atoms with Crippen molar-refractivity contribution in [3.05, 3.63) is 29.8 Å². The van der Waals surface area contributed by atoms with E-state index in [1.807, 2.05) is 13.8 Å². The molecule has 3 N–H and O–H groups in total. The predicted molar refractivity (Wildman–Crippen MR) is 98.9 cm³/mol. The Morgan fingerprint density at radius 1 is 0.920 bits per heavy atom. The zero-order valence-electron chi connectivity index (χ0n) is 15.4. The molecule has 25 heavy (non-hydrogen) atoms. The largest absolute Gasteiger partial charge is 0.326 e. The third-order valence-corrected chi connectivity index (χ3v) is 3.76. The molecule has 1 rings (SSSR count). The number of nitrogens with one attached hydrogen (secondary N) is 3. The van der Waals surface area contributed by atoms with Crippen LogP contribution in [0.3, 0.4) is 0 Å². The molecule has 138 valence electrons. The lowest BCUT2D eigenvalue weighted by atomic mass is 10.1. The Balaban J connectivity index is 2.34. The first-order valence-corrected chi connectivity index (χ1v) is 8.94. The lowest BCUT2D eigenvalue weighted by Crippen LogP contribution is -2.41. The summed E-state index contributed by atoms with van der Waals surface area (Å²) < 4.78 is 0. The Morgan fingerprint density at radius 2 is 1.56 bits per heavy atom. The van der Waals surface area contributed by atoms with Gasteiger partial charge in [0.1, 0.15) is 0 Å². The van der Waals surface area contributed by atoms with Crippen molar-refractivity contribution in [1.29, 1.82) is 0 Å². The number of benzene rings is 1. The number of anilines is 1. The fourth-order valence-electron chi connectivity index (χ4n) is 2.14. The van der Waals surface area contributed by atoms with Gasteiger partial charge in [-0.3, -0.25) is 25.2 Å². The minimum absolute atomic E-state index is 0.0802. The van der Waals surface area contributed by atoms with Crippen molar-refractivity contribution in [1.82, 2.24) is 10.9 Å². The van der Waals surface area contributed by atoms with Gasteiger partial charge in [-0.15, -0.1) is 0 Å². The smallest absolute Gasteiger partial charge is 0.269 e. The van der Waals surface area contributed by atoms with Crippen LogP contribution in [-0.2, 0) is 9.59 Å². The lowest BCUT2D eigenvalue weighted by molar-refractivity contribution is -0.122. The number of hydrogen-bond acceptors (Lipinski definition) is 3. The molecular weight excluding hydrogens is 318 g/mol. The number of unbranched alkanes of at least 4 members (excludes halogenated alkanes) is 4. The van der Waals surface area contributed by atoms with E-state index in [9.17, 15) is 14.4 Å². The van der Waals surface area contributed by atoms with E-state index in [4.69, 9.17) is 0 Å². The third kappa shape index (κ3) is 8.33. The van der Waals surface area contributed by atoms with E-state index < -0.39 is 0 Å². The maximum absolute atomic E-state index is 12.0. The van der Waals surface area contributed by atoms with Gasteiger partial charge in [-0.1, -0.05) is 46.5 Å². The van der Waals surface area contributed by atoms with Gasteiger partial charge in [0, 0.05) is 23.6 Å². The van der Waals surface area contributed by atoms with Crippen LogP contribution >= 0.6 is 0 Å². The van der Waals surface area contributed by atoms with Crippen LogP contribution in [0, 0.1) is 5.92 Å². The molecule has 0 radical (unpaired) electrons. The van der Waals surface area contributed by atoms with Crippen LogP contribution < -0.4 is 16.2 Å². The molecule has 6 heteroatoms. The number of amides is 3. The van der Waals surface area contributed by atoms with Crippen molar-refractivity contribution >= 4 is 23.4 Å². The Kier molecular flexibility index (Phi) is 9.29. The van der Waals surface area contributed by atoms with Crippen LogP contribution in [0.1, 0.15) is 69.7 Å². The zero-order valence-corrected chi connectivity index (χ0v) is 15.4. The van der Waals surface area contributed by atoms with Gasteiger partial charge in [0.05, 0.1) is 0 Å². The summed E-state index contributed by atoms with van der Waals surface area (Å²) in [7, 11) is 0. The van der Waals surface area contributed by atoms with Gasteiger partial charge in [0.15, 0.2) is 0 Å². The molecule has 0 bridgehead atoms. The molecule has 0 fully saturated rings. The number of hydrogen-bond donors (Lipinski definition) is 3. The second kappa shape index (κ2) is 11.2. The van der Waals surface area contributed by atoms with Crippen molar-refractivity contribution in [3.8, 4) is 0 Å². The fraction of sp³-hybridized carbons (Fsp3) is 0.526. The SMILES string of the molecule is CCCCCCCC(=O)NNC(=O)c1ccc(NC(=O)C(C)C)cc1. The van der Waals surface area contributed by atoms with E-state index in [1.165, 1.54) is 12.8 Å². The fourth-order valence-corrected chi connectivity index (χ4v) is 2.14. The molecule has 1 aromatic rings. The van der Waals surface area contributed by atoms with Crippen molar-refractivity contribution in [2.24, 2.45) is 5.92 Å². The second-order valence-electron chi connectivity index (χ2n) is 6.39. The second-order valence-corrected chi connectivity index (χ2v) is 6.39. The molecule has 1 aromatic carbocycles. The summed E-state index contributed by atoms with van der Waals surface area (Å²) in [4.78, 5) is 35.3. The number of carbonyl (C=O) groups excluding carboxylic acids is 3. The van der Waals surface area contributed by atoms with Crippen LogP contribution in [-0.4, -0.2) is 17.7 Å². The highest BCUT2D eigenvalue weighted by Gasteiger charge is 2.09. The summed E-state index contributed by atoms with van der Waals surface area (Å²) >= 11 is 0. The first-order chi connectivity index (χ1) is 11.9. The van der Waals surface area contributed by atoms with Crippen LogP contribution in [0.4, 0.5) is 5.69 Å². The van der Waals surface area contributed by atoms with Crippen molar-refractivity contribution < 1.29 is 14.4 Å². The van der Waals surface area contributed by atoms with E-state index in [2.05, 4.69) is 23.1 Å². The van der Waals surface area contributed by atoms with E-state index in [0.29, 0.717) is 17.7 Å².